The van der Waals surface area contributed by atoms with Gasteiger partial charge < -0.3 is 14.7 Å². The summed E-state index contributed by atoms with van der Waals surface area (Å²) in [6, 6.07) is 2.41. The summed E-state index contributed by atoms with van der Waals surface area (Å²) in [6.07, 6.45) is -1.08. The van der Waals surface area contributed by atoms with Gasteiger partial charge in [0.2, 0.25) is 0 Å². The number of rotatable bonds is 2. The number of amides is 1. The highest BCUT2D eigenvalue weighted by molar-refractivity contribution is 5.97. The average Bonchev–Trinajstić information content (AvgIpc) is 3.16. The number of hydrogen-bond acceptors (Lipinski definition) is 3. The van der Waals surface area contributed by atoms with E-state index in [-0.39, 0.29) is 17.7 Å². The molecule has 0 aromatic heterocycles. The van der Waals surface area contributed by atoms with Crippen LogP contribution in [0.5, 0.6) is 5.75 Å². The third kappa shape index (κ3) is 3.15. The minimum absolute atomic E-state index is 0.0157. The van der Waals surface area contributed by atoms with Crippen LogP contribution in [0.15, 0.2) is 18.2 Å². The number of halogens is 3. The first kappa shape index (κ1) is 16.1. The monoisotopic (exact) mass is 329 g/mol. The molecule has 0 spiro atoms. The van der Waals surface area contributed by atoms with Gasteiger partial charge >= 0.3 is 6.18 Å². The number of hydrogen-bond donors (Lipinski definition) is 1. The lowest BCUT2D eigenvalue weighted by Gasteiger charge is -2.29. The quantitative estimate of drug-likeness (QED) is 0.906. The van der Waals surface area contributed by atoms with Crippen molar-refractivity contribution >= 4 is 5.91 Å². The second-order valence-corrected chi connectivity index (χ2v) is 5.99. The van der Waals surface area contributed by atoms with Crippen LogP contribution in [0, 0.1) is 0 Å². The number of phenolic OH excluding ortho intramolecular Hbond substituents is 1. The van der Waals surface area contributed by atoms with Crippen molar-refractivity contribution in [3.05, 3.63) is 29.3 Å². The van der Waals surface area contributed by atoms with E-state index in [4.69, 9.17) is 4.74 Å². The van der Waals surface area contributed by atoms with E-state index in [2.05, 4.69) is 0 Å². The lowest BCUT2D eigenvalue weighted by atomic mass is 10.0. The second-order valence-electron chi connectivity index (χ2n) is 5.99. The molecular weight excluding hydrogens is 311 g/mol. The number of nitrogens with zero attached hydrogens (tertiary/aromatic N) is 1. The van der Waals surface area contributed by atoms with Gasteiger partial charge in [-0.15, -0.1) is 0 Å². The fraction of sp³-hybridized carbons (Fsp3) is 0.562. The first-order chi connectivity index (χ1) is 10.9. The summed E-state index contributed by atoms with van der Waals surface area (Å²) >= 11 is 0. The van der Waals surface area contributed by atoms with Crippen LogP contribution in [0.3, 0.4) is 0 Å². The standard InChI is InChI=1S/C16H18F3NO3/c17-16(18,19)10-5-6-11(13(21)9-10)15(22)20-7-1-3-12(20)14-4-2-8-23-14/h5-6,9,12,14,21H,1-4,7-8H2/t12-,14+/m1/s1. The Hall–Kier alpha value is -1.76. The Bertz CT molecular complexity index is 597. The predicted octanol–water partition coefficient (Wildman–Crippen LogP) is 3.19. The molecule has 1 aromatic rings. The summed E-state index contributed by atoms with van der Waals surface area (Å²) in [6.45, 7) is 1.21. The molecule has 23 heavy (non-hydrogen) atoms. The van der Waals surface area contributed by atoms with Crippen LogP contribution in [0.1, 0.15) is 41.6 Å². The number of alkyl halides is 3. The molecule has 0 bridgehead atoms. The normalized spacial score (nSPS) is 25.1. The molecular formula is C16H18F3NO3. The maximum atomic E-state index is 12.6. The number of phenols is 1. The fourth-order valence-corrected chi connectivity index (χ4v) is 3.38. The van der Waals surface area contributed by atoms with Crippen molar-refractivity contribution in [3.8, 4) is 5.75 Å². The molecule has 4 nitrogen and oxygen atoms in total. The minimum atomic E-state index is -4.55. The van der Waals surface area contributed by atoms with Crippen LogP contribution in [0.25, 0.3) is 0 Å². The van der Waals surface area contributed by atoms with Gasteiger partial charge in [0.05, 0.1) is 23.3 Å². The maximum Gasteiger partial charge on any atom is 0.416 e. The Kier molecular flexibility index (Phi) is 4.23. The number of carbonyl (C=O) groups excluding carboxylic acids is 1. The average molecular weight is 329 g/mol. The zero-order valence-corrected chi connectivity index (χ0v) is 12.5. The molecule has 2 saturated heterocycles. The maximum absolute atomic E-state index is 12.6. The van der Waals surface area contributed by atoms with E-state index in [9.17, 15) is 23.1 Å². The summed E-state index contributed by atoms with van der Waals surface area (Å²) in [5.74, 6) is -1.07. The molecule has 0 radical (unpaired) electrons. The summed E-state index contributed by atoms with van der Waals surface area (Å²) in [5.41, 5.74) is -1.06. The molecule has 2 atom stereocenters. The van der Waals surface area contributed by atoms with E-state index in [0.29, 0.717) is 19.2 Å². The van der Waals surface area contributed by atoms with E-state index in [1.807, 2.05) is 0 Å². The van der Waals surface area contributed by atoms with Gasteiger partial charge in [-0.25, -0.2) is 0 Å². The third-order valence-corrected chi connectivity index (χ3v) is 4.51. The minimum Gasteiger partial charge on any atom is -0.507 e. The second kappa shape index (κ2) is 6.03. The lowest BCUT2D eigenvalue weighted by Crippen LogP contribution is -2.42. The fourth-order valence-electron chi connectivity index (χ4n) is 3.38. The van der Waals surface area contributed by atoms with Gasteiger partial charge in [-0.3, -0.25) is 4.79 Å². The molecule has 2 aliphatic heterocycles. The Labute approximate surface area is 131 Å². The van der Waals surface area contributed by atoms with Crippen LogP contribution in [0.2, 0.25) is 0 Å². The number of likely N-dealkylation sites (tertiary alicyclic amines) is 1. The molecule has 1 N–H and O–H groups in total. The molecule has 126 valence electrons. The molecule has 0 unspecified atom stereocenters. The van der Waals surface area contributed by atoms with Gasteiger partial charge in [0.1, 0.15) is 5.75 Å². The zero-order valence-electron chi connectivity index (χ0n) is 12.5. The van der Waals surface area contributed by atoms with Crippen LogP contribution in [-0.4, -0.2) is 41.2 Å². The van der Waals surface area contributed by atoms with Crippen molar-refractivity contribution in [1.82, 2.24) is 4.90 Å². The van der Waals surface area contributed by atoms with Gasteiger partial charge in [0.25, 0.3) is 5.91 Å². The lowest BCUT2D eigenvalue weighted by molar-refractivity contribution is -0.137. The van der Waals surface area contributed by atoms with Crippen LogP contribution in [0.4, 0.5) is 13.2 Å². The number of carbonyl (C=O) groups is 1. The molecule has 2 heterocycles. The van der Waals surface area contributed by atoms with E-state index < -0.39 is 23.4 Å². The number of aromatic hydroxyl groups is 1. The van der Waals surface area contributed by atoms with Gasteiger partial charge in [-0.1, -0.05) is 0 Å². The highest BCUT2D eigenvalue weighted by Crippen LogP contribution is 2.34. The largest absolute Gasteiger partial charge is 0.507 e. The van der Waals surface area contributed by atoms with Gasteiger partial charge in [0, 0.05) is 13.2 Å². The predicted molar refractivity (Wildman–Crippen MR) is 76.1 cm³/mol. The van der Waals surface area contributed by atoms with Gasteiger partial charge in [0.15, 0.2) is 0 Å². The molecule has 2 fully saturated rings. The number of ether oxygens (including phenoxy) is 1. The van der Waals surface area contributed by atoms with Gasteiger partial charge in [-0.2, -0.15) is 13.2 Å². The summed E-state index contributed by atoms with van der Waals surface area (Å²) in [5, 5.41) is 9.86. The highest BCUT2D eigenvalue weighted by Gasteiger charge is 2.38. The molecule has 0 saturated carbocycles. The van der Waals surface area contributed by atoms with Crippen molar-refractivity contribution in [2.24, 2.45) is 0 Å². The molecule has 3 rings (SSSR count). The van der Waals surface area contributed by atoms with E-state index in [1.54, 1.807) is 4.90 Å². The van der Waals surface area contributed by atoms with E-state index >= 15 is 0 Å². The summed E-state index contributed by atoms with van der Waals surface area (Å²) < 4.78 is 43.6. The first-order valence-corrected chi connectivity index (χ1v) is 7.70. The summed E-state index contributed by atoms with van der Waals surface area (Å²) in [4.78, 5) is 14.2. The van der Waals surface area contributed by atoms with Crippen LogP contribution < -0.4 is 0 Å². The molecule has 2 aliphatic rings. The van der Waals surface area contributed by atoms with Gasteiger partial charge in [-0.05, 0) is 43.9 Å². The number of benzene rings is 1. The van der Waals surface area contributed by atoms with Crippen molar-refractivity contribution < 1.29 is 27.8 Å². The zero-order chi connectivity index (χ0) is 16.6. The molecule has 0 aliphatic carbocycles. The molecule has 1 aromatic carbocycles. The van der Waals surface area contributed by atoms with Crippen molar-refractivity contribution in [1.29, 1.82) is 0 Å². The van der Waals surface area contributed by atoms with E-state index in [1.165, 1.54) is 0 Å². The highest BCUT2D eigenvalue weighted by atomic mass is 19.4. The smallest absolute Gasteiger partial charge is 0.416 e. The van der Waals surface area contributed by atoms with Crippen LogP contribution in [-0.2, 0) is 10.9 Å². The molecule has 7 heteroatoms. The first-order valence-electron chi connectivity index (χ1n) is 7.70. The Balaban J connectivity index is 1.82. The Morgan fingerprint density at radius 1 is 1.26 bits per heavy atom. The van der Waals surface area contributed by atoms with Crippen molar-refractivity contribution in [2.45, 2.75) is 44.0 Å². The third-order valence-electron chi connectivity index (χ3n) is 4.51. The van der Waals surface area contributed by atoms with Crippen molar-refractivity contribution in [3.63, 3.8) is 0 Å². The topological polar surface area (TPSA) is 49.8 Å². The van der Waals surface area contributed by atoms with Crippen molar-refractivity contribution in [2.75, 3.05) is 13.2 Å². The molecule has 1 amide bonds. The van der Waals surface area contributed by atoms with E-state index in [0.717, 1.165) is 37.8 Å². The Morgan fingerprint density at radius 2 is 2.04 bits per heavy atom. The van der Waals surface area contributed by atoms with Crippen LogP contribution >= 0.6 is 0 Å². The summed E-state index contributed by atoms with van der Waals surface area (Å²) in [7, 11) is 0. The Morgan fingerprint density at radius 3 is 2.65 bits per heavy atom. The SMILES string of the molecule is O=C(c1ccc(C(F)(F)F)cc1O)N1CCC[C@@H]1[C@@H]1CCCO1.